The molecule has 0 fully saturated rings. The standard InChI is InChI=1S/C13H20N2O3S/c1-9(2)11(7-16)15-12(17)3-5-14-13(18)10-4-6-19-8-10/h4,6,8-9,11,16H,3,5,7H2,1-2H3,(H,14,18)(H,15,17)/t11-/m1/s1. The van der Waals surface area contributed by atoms with Crippen LogP contribution in [0.2, 0.25) is 0 Å². The van der Waals surface area contributed by atoms with Gasteiger partial charge in [0.2, 0.25) is 5.91 Å². The number of rotatable bonds is 7. The lowest BCUT2D eigenvalue weighted by atomic mass is 10.1. The van der Waals surface area contributed by atoms with E-state index in [0.717, 1.165) is 0 Å². The van der Waals surface area contributed by atoms with Crippen molar-refractivity contribution < 1.29 is 14.7 Å². The molecule has 0 aliphatic heterocycles. The minimum absolute atomic E-state index is 0.0787. The van der Waals surface area contributed by atoms with Crippen molar-refractivity contribution in [3.05, 3.63) is 22.4 Å². The van der Waals surface area contributed by atoms with Gasteiger partial charge in [0.1, 0.15) is 0 Å². The monoisotopic (exact) mass is 284 g/mol. The summed E-state index contributed by atoms with van der Waals surface area (Å²) in [6.45, 7) is 4.07. The van der Waals surface area contributed by atoms with Crippen molar-refractivity contribution in [1.29, 1.82) is 0 Å². The Balaban J connectivity index is 2.25. The predicted octanol–water partition coefficient (Wildman–Crippen LogP) is 1.00. The average molecular weight is 284 g/mol. The average Bonchev–Trinajstić information content (AvgIpc) is 2.89. The first kappa shape index (κ1) is 15.7. The predicted molar refractivity (Wildman–Crippen MR) is 75.1 cm³/mol. The number of hydrogen-bond donors (Lipinski definition) is 3. The summed E-state index contributed by atoms with van der Waals surface area (Å²) in [5.74, 6) is -0.163. The fraction of sp³-hybridized carbons (Fsp3) is 0.538. The minimum atomic E-state index is -0.236. The summed E-state index contributed by atoms with van der Waals surface area (Å²) in [7, 11) is 0. The van der Waals surface area contributed by atoms with Crippen LogP contribution in [0.15, 0.2) is 16.8 Å². The third-order valence-electron chi connectivity index (χ3n) is 2.77. The van der Waals surface area contributed by atoms with Crippen LogP contribution in [-0.2, 0) is 4.79 Å². The van der Waals surface area contributed by atoms with Crippen molar-refractivity contribution in [2.75, 3.05) is 13.2 Å². The van der Waals surface area contributed by atoms with Crippen molar-refractivity contribution in [3.8, 4) is 0 Å². The van der Waals surface area contributed by atoms with Crippen molar-refractivity contribution in [3.63, 3.8) is 0 Å². The number of aliphatic hydroxyl groups is 1. The number of hydrogen-bond acceptors (Lipinski definition) is 4. The van der Waals surface area contributed by atoms with Crippen LogP contribution in [0.5, 0.6) is 0 Å². The summed E-state index contributed by atoms with van der Waals surface area (Å²) in [6.07, 6.45) is 0.207. The van der Waals surface area contributed by atoms with Gasteiger partial charge in [-0.1, -0.05) is 13.8 Å². The normalized spacial score (nSPS) is 12.2. The van der Waals surface area contributed by atoms with Crippen LogP contribution in [0.4, 0.5) is 0 Å². The Hall–Kier alpha value is -1.40. The van der Waals surface area contributed by atoms with Crippen LogP contribution in [0, 0.1) is 5.92 Å². The molecular weight excluding hydrogens is 264 g/mol. The number of amides is 2. The molecule has 6 heteroatoms. The van der Waals surface area contributed by atoms with Crippen molar-refractivity contribution in [2.24, 2.45) is 5.92 Å². The molecule has 1 aromatic heterocycles. The van der Waals surface area contributed by atoms with Crippen molar-refractivity contribution in [1.82, 2.24) is 10.6 Å². The Morgan fingerprint density at radius 1 is 1.42 bits per heavy atom. The number of nitrogens with one attached hydrogen (secondary N) is 2. The molecule has 0 aromatic carbocycles. The van der Waals surface area contributed by atoms with E-state index in [4.69, 9.17) is 5.11 Å². The van der Waals surface area contributed by atoms with E-state index < -0.39 is 0 Å². The maximum atomic E-state index is 11.6. The maximum absolute atomic E-state index is 11.6. The van der Waals surface area contributed by atoms with Gasteiger partial charge in [-0.05, 0) is 17.4 Å². The second kappa shape index (κ2) is 7.91. The molecule has 0 unspecified atom stereocenters. The highest BCUT2D eigenvalue weighted by molar-refractivity contribution is 7.08. The number of thiophene rings is 1. The molecule has 0 radical (unpaired) electrons. The fourth-order valence-electron chi connectivity index (χ4n) is 1.49. The zero-order valence-electron chi connectivity index (χ0n) is 11.2. The van der Waals surface area contributed by atoms with E-state index in [1.807, 2.05) is 19.2 Å². The van der Waals surface area contributed by atoms with Crippen LogP contribution in [-0.4, -0.2) is 36.1 Å². The van der Waals surface area contributed by atoms with Gasteiger partial charge in [-0.2, -0.15) is 11.3 Å². The van der Waals surface area contributed by atoms with Crippen LogP contribution in [0.1, 0.15) is 30.6 Å². The molecule has 0 saturated carbocycles. The van der Waals surface area contributed by atoms with Crippen LogP contribution < -0.4 is 10.6 Å². The Labute approximate surface area is 117 Å². The topological polar surface area (TPSA) is 78.4 Å². The summed E-state index contributed by atoms with van der Waals surface area (Å²) in [5, 5.41) is 18.1. The molecule has 1 aromatic rings. The van der Waals surface area contributed by atoms with E-state index in [1.54, 1.807) is 11.4 Å². The Kier molecular flexibility index (Phi) is 6.52. The van der Waals surface area contributed by atoms with Crippen molar-refractivity contribution in [2.45, 2.75) is 26.3 Å². The second-order valence-corrected chi connectivity index (χ2v) is 5.40. The Bertz CT molecular complexity index is 404. The minimum Gasteiger partial charge on any atom is -0.394 e. The highest BCUT2D eigenvalue weighted by atomic mass is 32.1. The Morgan fingerprint density at radius 2 is 2.16 bits per heavy atom. The lowest BCUT2D eigenvalue weighted by molar-refractivity contribution is -0.122. The highest BCUT2D eigenvalue weighted by Gasteiger charge is 2.15. The first-order valence-corrected chi connectivity index (χ1v) is 7.19. The van der Waals surface area contributed by atoms with E-state index in [2.05, 4.69) is 10.6 Å². The van der Waals surface area contributed by atoms with Gasteiger partial charge in [0.25, 0.3) is 5.91 Å². The van der Waals surface area contributed by atoms with Crippen LogP contribution >= 0.6 is 11.3 Å². The van der Waals surface area contributed by atoms with E-state index in [1.165, 1.54) is 11.3 Å². The summed E-state index contributed by atoms with van der Waals surface area (Å²) >= 11 is 1.45. The Morgan fingerprint density at radius 3 is 2.68 bits per heavy atom. The molecule has 2 amide bonds. The third-order valence-corrected chi connectivity index (χ3v) is 3.45. The van der Waals surface area contributed by atoms with E-state index in [0.29, 0.717) is 5.56 Å². The summed E-state index contributed by atoms with van der Waals surface area (Å²) in [6, 6.07) is 1.50. The quantitative estimate of drug-likeness (QED) is 0.699. The first-order valence-electron chi connectivity index (χ1n) is 6.25. The molecule has 19 heavy (non-hydrogen) atoms. The molecule has 1 heterocycles. The molecule has 5 nitrogen and oxygen atoms in total. The smallest absolute Gasteiger partial charge is 0.252 e. The van der Waals surface area contributed by atoms with Gasteiger partial charge in [0.05, 0.1) is 12.6 Å². The number of carbonyl (C=O) groups is 2. The highest BCUT2D eigenvalue weighted by Crippen LogP contribution is 2.05. The molecule has 1 atom stereocenters. The third kappa shape index (κ3) is 5.40. The first-order chi connectivity index (χ1) is 9.04. The van der Waals surface area contributed by atoms with Gasteiger partial charge in [-0.3, -0.25) is 9.59 Å². The van der Waals surface area contributed by atoms with Gasteiger partial charge in [0, 0.05) is 23.9 Å². The van der Waals surface area contributed by atoms with E-state index in [-0.39, 0.29) is 43.3 Å². The van der Waals surface area contributed by atoms with Gasteiger partial charge in [-0.15, -0.1) is 0 Å². The molecule has 0 saturated heterocycles. The number of carbonyl (C=O) groups excluding carboxylic acids is 2. The molecular formula is C13H20N2O3S. The summed E-state index contributed by atoms with van der Waals surface area (Å²) in [5.41, 5.74) is 0.612. The largest absolute Gasteiger partial charge is 0.394 e. The SMILES string of the molecule is CC(C)[C@@H](CO)NC(=O)CCNC(=O)c1ccsc1. The zero-order valence-corrected chi connectivity index (χ0v) is 12.0. The van der Waals surface area contributed by atoms with Gasteiger partial charge < -0.3 is 15.7 Å². The lowest BCUT2D eigenvalue weighted by Gasteiger charge is -2.19. The maximum Gasteiger partial charge on any atom is 0.252 e. The zero-order chi connectivity index (χ0) is 14.3. The lowest BCUT2D eigenvalue weighted by Crippen LogP contribution is -2.42. The van der Waals surface area contributed by atoms with Gasteiger partial charge in [-0.25, -0.2) is 0 Å². The molecule has 0 spiro atoms. The fourth-order valence-corrected chi connectivity index (χ4v) is 2.12. The number of aliphatic hydroxyl groups excluding tert-OH is 1. The van der Waals surface area contributed by atoms with Crippen LogP contribution in [0.3, 0.4) is 0 Å². The molecule has 0 aliphatic rings. The molecule has 0 bridgehead atoms. The molecule has 0 aliphatic carbocycles. The molecule has 3 N–H and O–H groups in total. The van der Waals surface area contributed by atoms with Crippen LogP contribution in [0.25, 0.3) is 0 Å². The molecule has 106 valence electrons. The second-order valence-electron chi connectivity index (χ2n) is 4.62. The summed E-state index contributed by atoms with van der Waals surface area (Å²) < 4.78 is 0. The van der Waals surface area contributed by atoms with Gasteiger partial charge in [0.15, 0.2) is 0 Å². The van der Waals surface area contributed by atoms with Gasteiger partial charge >= 0.3 is 0 Å². The van der Waals surface area contributed by atoms with E-state index >= 15 is 0 Å². The van der Waals surface area contributed by atoms with E-state index in [9.17, 15) is 9.59 Å². The molecule has 1 rings (SSSR count). The summed E-state index contributed by atoms with van der Waals surface area (Å²) in [4.78, 5) is 23.2. The van der Waals surface area contributed by atoms with Crippen molar-refractivity contribution >= 4 is 23.2 Å².